The van der Waals surface area contributed by atoms with Crippen LogP contribution in [0.4, 0.5) is 0 Å². The molecule has 24 heteroatoms. The molecule has 0 aliphatic carbocycles. The van der Waals surface area contributed by atoms with E-state index in [2.05, 4.69) is 31.3 Å². The van der Waals surface area contributed by atoms with E-state index in [1.807, 2.05) is 5.32 Å². The first-order chi connectivity index (χ1) is 26.8. The molecule has 0 saturated carbocycles. The number of likely N-dealkylation sites (N-methyl/N-ethyl adjacent to an activating group) is 1. The molecule has 0 unspecified atom stereocenters. The van der Waals surface area contributed by atoms with Gasteiger partial charge in [0.05, 0.1) is 19.4 Å². The van der Waals surface area contributed by atoms with E-state index in [-0.39, 0.29) is 6.42 Å². The van der Waals surface area contributed by atoms with Crippen molar-refractivity contribution in [1.29, 1.82) is 0 Å². The zero-order valence-corrected chi connectivity index (χ0v) is 33.5. The van der Waals surface area contributed by atoms with Crippen LogP contribution in [-0.2, 0) is 79.8 Å². The second-order valence-corrected chi connectivity index (χ2v) is 12.5. The Kier molecular flexibility index (Phi) is 24.8. The molecule has 0 saturated heterocycles. The van der Waals surface area contributed by atoms with Gasteiger partial charge in [-0.05, 0) is 30.2 Å². The van der Waals surface area contributed by atoms with Gasteiger partial charge in [-0.3, -0.25) is 38.6 Å². The van der Waals surface area contributed by atoms with E-state index in [9.17, 15) is 63.9 Å². The zero-order valence-electron chi connectivity index (χ0n) is 30.8. The number of amides is 4. The molecule has 1 rings (SSSR count). The summed E-state index contributed by atoms with van der Waals surface area (Å²) in [5.41, 5.74) is 0.794. The molecule has 0 spiro atoms. The molecule has 6 atom stereocenters. The topological polar surface area (TPSA) is 368 Å². The molecule has 22 nitrogen and oxygen atoms in total. The van der Waals surface area contributed by atoms with Crippen LogP contribution in [0.3, 0.4) is 0 Å². The first-order valence-corrected chi connectivity index (χ1v) is 18.0. The summed E-state index contributed by atoms with van der Waals surface area (Å²) < 4.78 is 8.22. The Morgan fingerprint density at radius 3 is 1.79 bits per heavy atom. The quantitative estimate of drug-likeness (QED) is 0.0267. The van der Waals surface area contributed by atoms with E-state index >= 15 is 0 Å². The number of hydrogen-bond donors (Lipinski definition) is 8. The van der Waals surface area contributed by atoms with E-state index < -0.39 is 139 Å². The Morgan fingerprint density at radius 1 is 0.772 bits per heavy atom. The third-order valence-corrected chi connectivity index (χ3v) is 7.85. The molecule has 0 heterocycles. The number of carboxylic acids is 4. The predicted molar refractivity (Wildman–Crippen MR) is 191 cm³/mol. The molecule has 0 aliphatic heterocycles. The summed E-state index contributed by atoms with van der Waals surface area (Å²) in [4.78, 5) is 105. The monoisotopic (exact) mass is 908 g/mol. The van der Waals surface area contributed by atoms with Crippen LogP contribution in [0.1, 0.15) is 45.1 Å². The van der Waals surface area contributed by atoms with Gasteiger partial charge in [-0.1, -0.05) is 50.1 Å². The number of carbonyl (C=O) groups is 8. The van der Waals surface area contributed by atoms with Gasteiger partial charge in [0.25, 0.3) is 0 Å². The van der Waals surface area contributed by atoms with Crippen LogP contribution in [0.2, 0.25) is 0 Å². The van der Waals surface area contributed by atoms with Gasteiger partial charge in [-0.25, -0.2) is 4.79 Å². The fourth-order valence-electron chi connectivity index (χ4n) is 4.65. The van der Waals surface area contributed by atoms with Gasteiger partial charge in [0, 0.05) is 6.42 Å². The van der Waals surface area contributed by atoms with Crippen LogP contribution >= 0.6 is 0 Å². The van der Waals surface area contributed by atoms with E-state index in [0.717, 1.165) is 24.4 Å². The molecule has 313 valence electrons. The van der Waals surface area contributed by atoms with Crippen molar-refractivity contribution in [2.75, 3.05) is 19.3 Å². The maximum atomic E-state index is 13.3. The number of carbonyl (C=O) groups excluding carboxylic acids is 4. The molecule has 0 aliphatic rings. The molecule has 1 aromatic carbocycles. The first-order valence-electron chi connectivity index (χ1n) is 16.7. The van der Waals surface area contributed by atoms with Crippen molar-refractivity contribution in [2.45, 2.75) is 82.2 Å². The summed E-state index contributed by atoms with van der Waals surface area (Å²) in [5.74, 6) is -14.1. The number of aliphatic imine (C=N–C) groups is 2. The van der Waals surface area contributed by atoms with Crippen molar-refractivity contribution in [3.05, 3.63) is 41.2 Å². The number of hydrogen-bond acceptors (Lipinski definition) is 14. The third kappa shape index (κ3) is 20.4. The number of aliphatic carboxylic acids is 4. The Hall–Kier alpha value is -5.32. The summed E-state index contributed by atoms with van der Waals surface area (Å²) in [7, 11) is 1.40. The van der Waals surface area contributed by atoms with E-state index in [1.54, 1.807) is 30.3 Å². The van der Waals surface area contributed by atoms with Crippen LogP contribution in [0.25, 0.3) is 5.32 Å². The molecule has 0 radical (unpaired) electrons. The predicted octanol–water partition coefficient (Wildman–Crippen LogP) is -3.59. The fourth-order valence-corrected chi connectivity index (χ4v) is 4.88. The average molecular weight is 909 g/mol. The Labute approximate surface area is 342 Å². The van der Waals surface area contributed by atoms with E-state index in [1.165, 1.54) is 20.9 Å². The van der Waals surface area contributed by atoms with Crippen LogP contribution in [-0.4, -0.2) is 135 Å². The van der Waals surface area contributed by atoms with E-state index in [4.69, 9.17) is 21.2 Å². The summed E-state index contributed by atoms with van der Waals surface area (Å²) in [6.45, 7) is 2.09. The minimum absolute atomic E-state index is 0.212. The van der Waals surface area contributed by atoms with Gasteiger partial charge in [0.15, 0.2) is 0 Å². The van der Waals surface area contributed by atoms with Crippen molar-refractivity contribution >= 4 is 71.9 Å². The van der Waals surface area contributed by atoms with Gasteiger partial charge in [0.2, 0.25) is 23.6 Å². The second kappa shape index (κ2) is 27.3. The third-order valence-electron chi connectivity index (χ3n) is 7.53. The normalized spacial score (nSPS) is 14.6. The van der Waals surface area contributed by atoms with Crippen molar-refractivity contribution in [3.8, 4) is 0 Å². The van der Waals surface area contributed by atoms with Gasteiger partial charge in [0.1, 0.15) is 30.2 Å². The summed E-state index contributed by atoms with van der Waals surface area (Å²) in [6, 6.07) is -0.770. The molecule has 0 fully saturated rings. The van der Waals surface area contributed by atoms with Crippen molar-refractivity contribution in [1.82, 2.24) is 21.3 Å². The summed E-state index contributed by atoms with van der Waals surface area (Å²) in [6.07, 6.45) is -3.20. The van der Waals surface area contributed by atoms with Crippen molar-refractivity contribution in [2.24, 2.45) is 15.9 Å². The number of benzene rings is 1. The summed E-state index contributed by atoms with van der Waals surface area (Å²) >= 11 is 5.81. The van der Waals surface area contributed by atoms with Crippen molar-refractivity contribution in [3.63, 3.8) is 0 Å². The Balaban J connectivity index is 0.0000154. The fraction of sp³-hybridized carbons (Fsp3) is 0.515. The van der Waals surface area contributed by atoms with Crippen LogP contribution < -0.4 is 31.5 Å². The zero-order chi connectivity index (χ0) is 43.8. The Bertz CT molecular complexity index is 1620. The van der Waals surface area contributed by atoms with E-state index in [0.29, 0.717) is 0 Å². The molecular weight excluding hydrogens is 865 g/mol. The maximum absolute atomic E-state index is 13.3. The molecule has 8 N–H and O–H groups in total. The molecular formula is C33H43N7O15STc. The number of nitrogens with zero attached hydrogens (tertiary/aromatic N) is 3. The molecule has 4 amide bonds. The molecule has 1 aromatic rings. The van der Waals surface area contributed by atoms with Gasteiger partial charge < -0.3 is 74.8 Å². The molecule has 0 aromatic heterocycles. The summed E-state index contributed by atoms with van der Waals surface area (Å²) in [5, 5.41) is 74.4. The van der Waals surface area contributed by atoms with Gasteiger partial charge in [-0.2, -0.15) is 7.05 Å². The van der Waals surface area contributed by atoms with Crippen LogP contribution in [0.5, 0.6) is 0 Å². The number of nitrogens with one attached hydrogen (secondary N) is 4. The van der Waals surface area contributed by atoms with Crippen LogP contribution in [0.15, 0.2) is 40.3 Å². The second-order valence-electron chi connectivity index (χ2n) is 12.2. The van der Waals surface area contributed by atoms with Crippen molar-refractivity contribution < 1.29 is 91.4 Å². The number of rotatable bonds is 25. The molecule has 0 bridgehead atoms. The Morgan fingerprint density at radius 2 is 1.30 bits per heavy atom. The van der Waals surface area contributed by atoms with Gasteiger partial charge >= 0.3 is 46.2 Å². The minimum atomic E-state index is -1.94. The van der Waals surface area contributed by atoms with Gasteiger partial charge in [-0.15, -0.1) is 11.8 Å². The first kappa shape index (κ1) is 51.7. The SMILES string of the molecule is C[N-][C@@H](Cc1ccccc1)C([O-])=NCC([O-])=N[C@H](C[S-])C(=O)N[C@@H](CC(=O)O)C(=O)N[C@@H](CCC(=O)O)C(=O)N[C@H](C(=O)N[C@@H](CC(=O)O)C(=O)O)C(C)C.[O]=[99Tc+4]. The standard InChI is InChI=1S/C33H46N7O14S.O.Tc/c1-16(2)27(32(52)39-21(33(53)54)13-26(46)47)40-29(49)18(9-10-24(42)43)37-30(50)20(12-25(44)45)38-31(51)22(15-55)36-23(41)14-35-28(48)19(34-3)11-17-7-5-4-6-8-17;;/h4-8,16,18-22,27,55H,9-15H2,1-3H3,(H,35,48)(H,36,41)(H,37,50)(H,38,51)(H,39,52)(H,40,49)(H,42,43)(H,44,45)(H,46,47)(H,53,54);;/q-1;;+4/p-3/t18-,19-,20-,21-,22+,27-;;/m0../s1/i;;1+1. The molecule has 57 heavy (non-hydrogen) atoms. The average Bonchev–Trinajstić information content (AvgIpc) is 3.15. The number of carboxylic acid groups (broad SMARTS) is 4. The van der Waals surface area contributed by atoms with Crippen LogP contribution in [0, 0.1) is 5.92 Å².